The molecule has 0 heterocycles. The summed E-state index contributed by atoms with van der Waals surface area (Å²) in [5.74, 6) is -1.58. The number of carboxylic acid groups (broad SMARTS) is 2. The molecule has 2 N–H and O–H groups in total. The van der Waals surface area contributed by atoms with E-state index in [2.05, 4.69) is 6.92 Å². The van der Waals surface area contributed by atoms with Gasteiger partial charge in [0.15, 0.2) is 0 Å². The molecule has 0 aromatic carbocycles. The average Bonchev–Trinajstić information content (AvgIpc) is 2.39. The van der Waals surface area contributed by atoms with Crippen LogP contribution in [0.25, 0.3) is 0 Å². The van der Waals surface area contributed by atoms with Gasteiger partial charge in [0.2, 0.25) is 0 Å². The number of rotatable bonds is 14. The van der Waals surface area contributed by atoms with Crippen LogP contribution in [-0.2, 0) is 9.59 Å². The van der Waals surface area contributed by atoms with E-state index in [0.29, 0.717) is 0 Å². The molecule has 0 saturated carbocycles. The zero-order valence-electron chi connectivity index (χ0n) is 12.8. The summed E-state index contributed by atoms with van der Waals surface area (Å²) in [5.41, 5.74) is 0. The van der Waals surface area contributed by atoms with Gasteiger partial charge in [-0.1, -0.05) is 58.3 Å². The quantitative estimate of drug-likeness (QED) is 0.462. The van der Waals surface area contributed by atoms with E-state index in [9.17, 15) is 9.59 Å². The molecule has 118 valence electrons. The van der Waals surface area contributed by atoms with E-state index in [1.165, 1.54) is 12.8 Å². The van der Waals surface area contributed by atoms with Gasteiger partial charge in [0.05, 0.1) is 5.92 Å². The van der Waals surface area contributed by atoms with Crippen LogP contribution in [0.3, 0.4) is 0 Å². The monoisotopic (exact) mass is 286 g/mol. The van der Waals surface area contributed by atoms with Crippen LogP contribution >= 0.6 is 0 Å². The molecule has 20 heavy (non-hydrogen) atoms. The first-order valence-electron chi connectivity index (χ1n) is 8.02. The molecule has 0 aliphatic rings. The van der Waals surface area contributed by atoms with Crippen molar-refractivity contribution in [3.63, 3.8) is 0 Å². The Bertz CT molecular complexity index is 263. The molecule has 0 aromatic heterocycles. The molecule has 0 unspecified atom stereocenters. The van der Waals surface area contributed by atoms with E-state index in [1.54, 1.807) is 0 Å². The van der Waals surface area contributed by atoms with Crippen LogP contribution in [0.1, 0.15) is 84.0 Å². The molecule has 1 atom stereocenters. The lowest BCUT2D eigenvalue weighted by atomic mass is 9.94. The van der Waals surface area contributed by atoms with Crippen LogP contribution in [0.2, 0.25) is 0 Å². The fraction of sp³-hybridized carbons (Fsp3) is 0.875. The summed E-state index contributed by atoms with van der Waals surface area (Å²) in [6, 6.07) is 0. The molecule has 0 aliphatic heterocycles. The van der Waals surface area contributed by atoms with Crippen LogP contribution < -0.4 is 0 Å². The maximum atomic E-state index is 11.1. The Hall–Kier alpha value is -1.06. The summed E-state index contributed by atoms with van der Waals surface area (Å²) in [6.07, 6.45) is 11.0. The first-order chi connectivity index (χ1) is 9.57. The van der Waals surface area contributed by atoms with Crippen molar-refractivity contribution in [2.45, 2.75) is 84.0 Å². The first kappa shape index (κ1) is 18.9. The lowest BCUT2D eigenvalue weighted by molar-refractivity contribution is -0.142. The van der Waals surface area contributed by atoms with Gasteiger partial charge in [-0.05, 0) is 19.3 Å². The van der Waals surface area contributed by atoms with Gasteiger partial charge in [-0.2, -0.15) is 0 Å². The normalized spacial score (nSPS) is 12.2. The topological polar surface area (TPSA) is 74.6 Å². The van der Waals surface area contributed by atoms with Gasteiger partial charge < -0.3 is 10.2 Å². The predicted molar refractivity (Wildman–Crippen MR) is 79.8 cm³/mol. The van der Waals surface area contributed by atoms with Crippen LogP contribution in [0, 0.1) is 5.92 Å². The largest absolute Gasteiger partial charge is 0.481 e. The molecule has 0 amide bonds. The molecular weight excluding hydrogens is 256 g/mol. The van der Waals surface area contributed by atoms with Crippen molar-refractivity contribution in [3.8, 4) is 0 Å². The number of hydrogen-bond acceptors (Lipinski definition) is 2. The van der Waals surface area contributed by atoms with E-state index in [4.69, 9.17) is 10.2 Å². The average molecular weight is 286 g/mol. The maximum Gasteiger partial charge on any atom is 0.306 e. The third kappa shape index (κ3) is 12.0. The first-order valence-corrected chi connectivity index (χ1v) is 8.02. The summed E-state index contributed by atoms with van der Waals surface area (Å²) in [4.78, 5) is 21.5. The van der Waals surface area contributed by atoms with Gasteiger partial charge >= 0.3 is 11.9 Å². The highest BCUT2D eigenvalue weighted by Crippen LogP contribution is 2.19. The number of carboxylic acids is 2. The molecule has 0 fully saturated rings. The second-order valence-corrected chi connectivity index (χ2v) is 5.58. The second kappa shape index (κ2) is 12.9. The zero-order valence-corrected chi connectivity index (χ0v) is 12.8. The third-order valence-corrected chi connectivity index (χ3v) is 3.70. The minimum Gasteiger partial charge on any atom is -0.481 e. The summed E-state index contributed by atoms with van der Waals surface area (Å²) in [6.45, 7) is 2.15. The standard InChI is InChI=1S/C16H30O4/c1-2-3-4-8-11-14(16(19)20)12-9-6-5-7-10-13-15(17)18/h14H,2-13H2,1H3,(H,17,18)(H,19,20)/t14-/m1/s1. The number of aliphatic carboxylic acids is 2. The fourth-order valence-corrected chi connectivity index (χ4v) is 2.41. The molecule has 4 nitrogen and oxygen atoms in total. The van der Waals surface area contributed by atoms with Crippen molar-refractivity contribution >= 4 is 11.9 Å². The van der Waals surface area contributed by atoms with E-state index < -0.39 is 11.9 Å². The van der Waals surface area contributed by atoms with E-state index in [-0.39, 0.29) is 12.3 Å². The number of hydrogen-bond donors (Lipinski definition) is 2. The number of unbranched alkanes of at least 4 members (excludes halogenated alkanes) is 7. The number of carbonyl (C=O) groups is 2. The van der Waals surface area contributed by atoms with Gasteiger partial charge in [0.25, 0.3) is 0 Å². The van der Waals surface area contributed by atoms with Gasteiger partial charge in [0.1, 0.15) is 0 Å². The molecule has 0 radical (unpaired) electrons. The minimum absolute atomic E-state index is 0.189. The smallest absolute Gasteiger partial charge is 0.306 e. The van der Waals surface area contributed by atoms with Crippen molar-refractivity contribution < 1.29 is 19.8 Å². The van der Waals surface area contributed by atoms with E-state index >= 15 is 0 Å². The zero-order chi connectivity index (χ0) is 15.2. The summed E-state index contributed by atoms with van der Waals surface area (Å²) >= 11 is 0. The molecule has 0 spiro atoms. The third-order valence-electron chi connectivity index (χ3n) is 3.70. The SMILES string of the molecule is CCCCCC[C@H](CCCCCCCC(=O)O)C(=O)O. The van der Waals surface area contributed by atoms with Gasteiger partial charge in [-0.15, -0.1) is 0 Å². The Balaban J connectivity index is 3.55. The lowest BCUT2D eigenvalue weighted by Crippen LogP contribution is -2.13. The lowest BCUT2D eigenvalue weighted by Gasteiger charge is -2.11. The van der Waals surface area contributed by atoms with Crippen molar-refractivity contribution in [1.29, 1.82) is 0 Å². The van der Waals surface area contributed by atoms with Crippen molar-refractivity contribution in [2.75, 3.05) is 0 Å². The summed E-state index contributed by atoms with van der Waals surface area (Å²) in [5, 5.41) is 17.7. The van der Waals surface area contributed by atoms with Gasteiger partial charge in [-0.3, -0.25) is 9.59 Å². The molecule has 0 aliphatic carbocycles. The Labute approximate surface area is 122 Å². The predicted octanol–water partition coefficient (Wildman–Crippen LogP) is 4.47. The molecule has 0 bridgehead atoms. The highest BCUT2D eigenvalue weighted by atomic mass is 16.4. The molecule has 0 aromatic rings. The van der Waals surface area contributed by atoms with Crippen molar-refractivity contribution in [2.24, 2.45) is 5.92 Å². The minimum atomic E-state index is -0.733. The van der Waals surface area contributed by atoms with Crippen LogP contribution in [0.5, 0.6) is 0 Å². The molecule has 0 saturated heterocycles. The molecule has 0 rings (SSSR count). The summed E-state index contributed by atoms with van der Waals surface area (Å²) < 4.78 is 0. The molecule has 4 heteroatoms. The highest BCUT2D eigenvalue weighted by Gasteiger charge is 2.16. The molecular formula is C16H30O4. The van der Waals surface area contributed by atoms with E-state index in [1.807, 2.05) is 0 Å². The Kier molecular flexibility index (Phi) is 12.3. The van der Waals surface area contributed by atoms with Crippen molar-refractivity contribution in [1.82, 2.24) is 0 Å². The Morgan fingerprint density at radius 2 is 1.30 bits per heavy atom. The Morgan fingerprint density at radius 3 is 1.80 bits per heavy atom. The summed E-state index contributed by atoms with van der Waals surface area (Å²) in [7, 11) is 0. The highest BCUT2D eigenvalue weighted by molar-refractivity contribution is 5.69. The van der Waals surface area contributed by atoms with Crippen molar-refractivity contribution in [3.05, 3.63) is 0 Å². The maximum absolute atomic E-state index is 11.1. The Morgan fingerprint density at radius 1 is 0.800 bits per heavy atom. The second-order valence-electron chi connectivity index (χ2n) is 5.58. The van der Waals surface area contributed by atoms with Gasteiger partial charge in [-0.25, -0.2) is 0 Å². The van der Waals surface area contributed by atoms with Crippen LogP contribution in [0.15, 0.2) is 0 Å². The fourth-order valence-electron chi connectivity index (χ4n) is 2.41. The van der Waals surface area contributed by atoms with Crippen LogP contribution in [-0.4, -0.2) is 22.2 Å². The van der Waals surface area contributed by atoms with E-state index in [0.717, 1.165) is 57.8 Å². The van der Waals surface area contributed by atoms with Gasteiger partial charge in [0, 0.05) is 6.42 Å². The van der Waals surface area contributed by atoms with Crippen LogP contribution in [0.4, 0.5) is 0 Å².